The third kappa shape index (κ3) is 8.62. The van der Waals surface area contributed by atoms with Gasteiger partial charge in [-0.1, -0.05) is 18.2 Å². The molecular formula is C32H36N6O6. The minimum atomic E-state index is 0.0400. The summed E-state index contributed by atoms with van der Waals surface area (Å²) in [5.74, 6) is 1.63. The number of nitrogens with one attached hydrogen (secondary N) is 2. The molecule has 4 N–H and O–H groups in total. The normalized spacial score (nSPS) is 10.7. The third-order valence-electron chi connectivity index (χ3n) is 6.55. The van der Waals surface area contributed by atoms with E-state index in [4.69, 9.17) is 29.2 Å². The van der Waals surface area contributed by atoms with Crippen LogP contribution in [-0.2, 0) is 26.3 Å². The highest BCUT2D eigenvalue weighted by Crippen LogP contribution is 2.27. The number of aromatic nitrogens is 3. The monoisotopic (exact) mass is 600 g/mol. The molecule has 4 aromatic rings. The first-order chi connectivity index (χ1) is 21.6. The Morgan fingerprint density at radius 3 is 1.95 bits per heavy atom. The molecule has 0 atom stereocenters. The van der Waals surface area contributed by atoms with Crippen molar-refractivity contribution in [3.8, 4) is 40.8 Å². The molecule has 3 heterocycles. The second-order valence-corrected chi connectivity index (χ2v) is 9.51. The van der Waals surface area contributed by atoms with E-state index in [1.54, 1.807) is 25.4 Å². The Balaban J connectivity index is 1.45. The van der Waals surface area contributed by atoms with E-state index in [9.17, 15) is 5.26 Å². The van der Waals surface area contributed by atoms with Gasteiger partial charge in [-0.25, -0.2) is 0 Å². The van der Waals surface area contributed by atoms with Crippen LogP contribution in [0.1, 0.15) is 27.8 Å². The molecule has 0 aliphatic heterocycles. The summed E-state index contributed by atoms with van der Waals surface area (Å²) in [5.41, 5.74) is 4.97. The summed E-state index contributed by atoms with van der Waals surface area (Å²) >= 11 is 0. The van der Waals surface area contributed by atoms with Crippen molar-refractivity contribution in [3.05, 3.63) is 88.6 Å². The summed E-state index contributed by atoms with van der Waals surface area (Å²) in [5, 5.41) is 34.2. The molecule has 0 saturated carbocycles. The highest BCUT2D eigenvalue weighted by Gasteiger charge is 2.14. The highest BCUT2D eigenvalue weighted by atomic mass is 16.5. The molecule has 44 heavy (non-hydrogen) atoms. The minimum absolute atomic E-state index is 0.0400. The molecule has 0 aliphatic carbocycles. The van der Waals surface area contributed by atoms with Gasteiger partial charge >= 0.3 is 0 Å². The molecule has 0 spiro atoms. The molecule has 230 valence electrons. The van der Waals surface area contributed by atoms with E-state index in [1.807, 2.05) is 42.5 Å². The first-order valence-electron chi connectivity index (χ1n) is 14.0. The number of hydrogen-bond acceptors (Lipinski definition) is 12. The largest absolute Gasteiger partial charge is 0.481 e. The van der Waals surface area contributed by atoms with Gasteiger partial charge in [0.1, 0.15) is 19.3 Å². The van der Waals surface area contributed by atoms with Crippen LogP contribution in [0.4, 0.5) is 0 Å². The molecule has 4 rings (SSSR count). The molecule has 0 saturated heterocycles. The van der Waals surface area contributed by atoms with Gasteiger partial charge in [-0.05, 0) is 29.8 Å². The van der Waals surface area contributed by atoms with Gasteiger partial charge in [0.15, 0.2) is 0 Å². The molecular weight excluding hydrogens is 564 g/mol. The molecule has 0 bridgehead atoms. The molecule has 0 radical (unpaired) electrons. The van der Waals surface area contributed by atoms with E-state index in [2.05, 4.69) is 31.7 Å². The molecule has 0 amide bonds. The van der Waals surface area contributed by atoms with Gasteiger partial charge in [0.2, 0.25) is 23.5 Å². The van der Waals surface area contributed by atoms with E-state index in [-0.39, 0.29) is 26.4 Å². The van der Waals surface area contributed by atoms with Crippen LogP contribution in [0.25, 0.3) is 11.3 Å². The zero-order valence-electron chi connectivity index (χ0n) is 24.7. The smallest absolute Gasteiger partial charge is 0.220 e. The lowest BCUT2D eigenvalue weighted by Gasteiger charge is -2.13. The van der Waals surface area contributed by atoms with Gasteiger partial charge in [0.25, 0.3) is 0 Å². The molecule has 0 fully saturated rings. The highest BCUT2D eigenvalue weighted by molar-refractivity contribution is 5.69. The molecule has 1 aromatic carbocycles. The van der Waals surface area contributed by atoms with Crippen molar-refractivity contribution in [2.45, 2.75) is 26.3 Å². The van der Waals surface area contributed by atoms with E-state index in [0.717, 1.165) is 16.7 Å². The van der Waals surface area contributed by atoms with Crippen molar-refractivity contribution in [1.29, 1.82) is 5.26 Å². The quantitative estimate of drug-likeness (QED) is 0.131. The van der Waals surface area contributed by atoms with Crippen molar-refractivity contribution < 1.29 is 29.2 Å². The van der Waals surface area contributed by atoms with Gasteiger partial charge in [-0.3, -0.25) is 4.98 Å². The Bertz CT molecular complexity index is 1560. The van der Waals surface area contributed by atoms with Crippen LogP contribution in [0.5, 0.6) is 23.5 Å². The maximum Gasteiger partial charge on any atom is 0.220 e. The van der Waals surface area contributed by atoms with Gasteiger partial charge in [-0.2, -0.15) is 15.2 Å². The predicted octanol–water partition coefficient (Wildman–Crippen LogP) is 2.75. The van der Waals surface area contributed by atoms with Gasteiger partial charge in [0, 0.05) is 66.8 Å². The number of rotatable bonds is 17. The van der Waals surface area contributed by atoms with Gasteiger partial charge in [0.05, 0.1) is 38.7 Å². The van der Waals surface area contributed by atoms with Crippen LogP contribution >= 0.6 is 0 Å². The average molecular weight is 601 g/mol. The Morgan fingerprint density at radius 2 is 1.39 bits per heavy atom. The maximum absolute atomic E-state index is 10.1. The van der Waals surface area contributed by atoms with E-state index in [0.29, 0.717) is 72.1 Å². The Morgan fingerprint density at radius 1 is 0.773 bits per heavy atom. The SMILES string of the molecule is COc1nc(OCc2ccnc(-c3cccc(COc4ccc(CNCCO)c(OC)n4)c3C#N)c2)ccc1CNCCO. The summed E-state index contributed by atoms with van der Waals surface area (Å²) in [6.45, 7) is 2.39. The van der Waals surface area contributed by atoms with E-state index < -0.39 is 0 Å². The minimum Gasteiger partial charge on any atom is -0.481 e. The lowest BCUT2D eigenvalue weighted by Crippen LogP contribution is -2.18. The first kappa shape index (κ1) is 32.1. The Kier molecular flexibility index (Phi) is 12.2. The second kappa shape index (κ2) is 16.7. The molecule has 0 unspecified atom stereocenters. The fourth-order valence-corrected chi connectivity index (χ4v) is 4.38. The number of ether oxygens (including phenoxy) is 4. The van der Waals surface area contributed by atoms with Crippen LogP contribution in [-0.4, -0.2) is 65.7 Å². The van der Waals surface area contributed by atoms with Crippen molar-refractivity contribution in [1.82, 2.24) is 25.6 Å². The van der Waals surface area contributed by atoms with Crippen LogP contribution in [0.3, 0.4) is 0 Å². The fraction of sp³-hybridized carbons (Fsp3) is 0.312. The van der Waals surface area contributed by atoms with Crippen LogP contribution < -0.4 is 29.6 Å². The zero-order valence-corrected chi connectivity index (χ0v) is 24.7. The number of methoxy groups -OCH3 is 2. The third-order valence-corrected chi connectivity index (χ3v) is 6.55. The number of pyridine rings is 3. The number of aliphatic hydroxyl groups is 2. The number of aliphatic hydroxyl groups excluding tert-OH is 2. The topological polar surface area (TPSA) is 164 Å². The predicted molar refractivity (Wildman–Crippen MR) is 162 cm³/mol. The second-order valence-electron chi connectivity index (χ2n) is 9.51. The number of benzene rings is 1. The lowest BCUT2D eigenvalue weighted by atomic mass is 9.99. The standard InChI is InChI=1S/C32H36N6O6/c1-41-31-23(18-34-12-14-39)6-8-29(37-31)43-20-22-10-11-36-28(16-22)26-5-3-4-25(27(26)17-33)21-44-30-9-7-24(19-35-13-15-40)32(38-30)42-2/h3-11,16,34-35,39-40H,12-15,18-21H2,1-2H3. The summed E-state index contributed by atoms with van der Waals surface area (Å²) in [4.78, 5) is 13.4. The number of nitrogens with zero attached hydrogens (tertiary/aromatic N) is 4. The summed E-state index contributed by atoms with van der Waals surface area (Å²) in [6, 6.07) is 18.8. The molecule has 3 aromatic heterocycles. The Labute approximate surface area is 256 Å². The van der Waals surface area contributed by atoms with E-state index in [1.165, 1.54) is 7.11 Å². The van der Waals surface area contributed by atoms with Gasteiger partial charge in [-0.15, -0.1) is 0 Å². The van der Waals surface area contributed by atoms with Crippen molar-refractivity contribution >= 4 is 0 Å². The Hall–Kier alpha value is -4.80. The van der Waals surface area contributed by atoms with Crippen molar-refractivity contribution in [2.75, 3.05) is 40.5 Å². The summed E-state index contributed by atoms with van der Waals surface area (Å²) < 4.78 is 22.7. The number of hydrogen-bond donors (Lipinski definition) is 4. The molecule has 12 nitrogen and oxygen atoms in total. The average Bonchev–Trinajstić information content (AvgIpc) is 3.07. The fourth-order valence-electron chi connectivity index (χ4n) is 4.38. The van der Waals surface area contributed by atoms with Crippen molar-refractivity contribution in [3.63, 3.8) is 0 Å². The molecule has 0 aliphatic rings. The summed E-state index contributed by atoms with van der Waals surface area (Å²) in [7, 11) is 3.08. The van der Waals surface area contributed by atoms with Gasteiger partial charge < -0.3 is 39.8 Å². The van der Waals surface area contributed by atoms with Crippen LogP contribution in [0.15, 0.2) is 60.8 Å². The van der Waals surface area contributed by atoms with Crippen LogP contribution in [0, 0.1) is 11.3 Å². The van der Waals surface area contributed by atoms with Crippen LogP contribution in [0.2, 0.25) is 0 Å². The maximum atomic E-state index is 10.1. The zero-order chi connectivity index (χ0) is 31.1. The molecule has 12 heteroatoms. The lowest BCUT2D eigenvalue weighted by molar-refractivity contribution is 0.284. The van der Waals surface area contributed by atoms with E-state index >= 15 is 0 Å². The van der Waals surface area contributed by atoms with Crippen molar-refractivity contribution in [2.24, 2.45) is 0 Å². The first-order valence-corrected chi connectivity index (χ1v) is 14.0. The summed E-state index contributed by atoms with van der Waals surface area (Å²) in [6.07, 6.45) is 1.68. The number of nitriles is 1.